The molecule has 1 atom stereocenters. The van der Waals surface area contributed by atoms with Gasteiger partial charge in [-0.15, -0.1) is 0 Å². The van der Waals surface area contributed by atoms with E-state index in [0.29, 0.717) is 18.4 Å². The fourth-order valence-electron chi connectivity index (χ4n) is 0.840. The van der Waals surface area contributed by atoms with Gasteiger partial charge >= 0.3 is 0 Å². The fourth-order valence-corrected chi connectivity index (χ4v) is 0.840. The zero-order valence-corrected chi connectivity index (χ0v) is 11.5. The van der Waals surface area contributed by atoms with Crippen LogP contribution in [0.25, 0.3) is 0 Å². The van der Waals surface area contributed by atoms with Gasteiger partial charge in [-0.1, -0.05) is 53.7 Å². The summed E-state index contributed by atoms with van der Waals surface area (Å²) in [5, 5.41) is 8.72. The van der Waals surface area contributed by atoms with E-state index in [1.165, 1.54) is 0 Å². The molecule has 0 heterocycles. The van der Waals surface area contributed by atoms with E-state index in [0.717, 1.165) is 18.8 Å². The lowest BCUT2D eigenvalue weighted by molar-refractivity contribution is 0.231. The van der Waals surface area contributed by atoms with Crippen molar-refractivity contribution in [3.05, 3.63) is 12.2 Å². The van der Waals surface area contributed by atoms with Crippen LogP contribution in [0.4, 0.5) is 0 Å². The molecule has 0 rings (SSSR count). The molecular weight excluding hydrogens is 184 g/mol. The van der Waals surface area contributed by atoms with Crippen molar-refractivity contribution in [2.24, 2.45) is 17.8 Å². The predicted molar refractivity (Wildman–Crippen MR) is 70.0 cm³/mol. The van der Waals surface area contributed by atoms with Crippen LogP contribution in [0.2, 0.25) is 0 Å². The second-order valence-corrected chi connectivity index (χ2v) is 5.27. The summed E-state index contributed by atoms with van der Waals surface area (Å²) in [4.78, 5) is 0. The molecule has 0 saturated carbocycles. The van der Waals surface area contributed by atoms with Gasteiger partial charge < -0.3 is 5.11 Å². The van der Waals surface area contributed by atoms with Gasteiger partial charge in [-0.3, -0.25) is 0 Å². The summed E-state index contributed by atoms with van der Waals surface area (Å²) >= 11 is 0. The summed E-state index contributed by atoms with van der Waals surface area (Å²) in [6.45, 7) is 13.2. The topological polar surface area (TPSA) is 20.2 Å². The van der Waals surface area contributed by atoms with Crippen LogP contribution in [0.5, 0.6) is 0 Å². The summed E-state index contributed by atoms with van der Waals surface area (Å²) in [5.41, 5.74) is 0. The first-order chi connectivity index (χ1) is 6.90. The number of hydrogen-bond acceptors (Lipinski definition) is 1. The smallest absolute Gasteiger partial charge is 0.0456 e. The molecular formula is C14H30O. The van der Waals surface area contributed by atoms with Gasteiger partial charge in [0.2, 0.25) is 0 Å². The van der Waals surface area contributed by atoms with Gasteiger partial charge in [-0.05, 0) is 30.6 Å². The van der Waals surface area contributed by atoms with Crippen molar-refractivity contribution in [2.75, 3.05) is 6.61 Å². The number of aliphatic hydroxyl groups excluding tert-OH is 1. The largest absolute Gasteiger partial charge is 0.396 e. The van der Waals surface area contributed by atoms with Gasteiger partial charge in [0.15, 0.2) is 0 Å². The standard InChI is InChI=1S/C10H20O.C4H10/c1-9(2)6-4-5-7-10(3)8-11;1-4(2)3/h4,6,9-11H,5,7-8H2,1-3H3;4H,1-3H3/b6-4+;/t10-;/m0./s1. The minimum Gasteiger partial charge on any atom is -0.396 e. The lowest BCUT2D eigenvalue weighted by atomic mass is 10.1. The molecule has 1 nitrogen and oxygen atoms in total. The van der Waals surface area contributed by atoms with Crippen LogP contribution < -0.4 is 0 Å². The normalized spacial score (nSPS) is 13.1. The van der Waals surface area contributed by atoms with E-state index < -0.39 is 0 Å². The third kappa shape index (κ3) is 24.8. The molecule has 0 radical (unpaired) electrons. The van der Waals surface area contributed by atoms with Crippen molar-refractivity contribution in [1.29, 1.82) is 0 Å². The summed E-state index contributed by atoms with van der Waals surface area (Å²) in [5.74, 6) is 1.94. The van der Waals surface area contributed by atoms with Crippen molar-refractivity contribution < 1.29 is 5.11 Å². The molecule has 0 aliphatic heterocycles. The molecule has 1 N–H and O–H groups in total. The van der Waals surface area contributed by atoms with Crippen molar-refractivity contribution >= 4 is 0 Å². The Hall–Kier alpha value is -0.300. The zero-order chi connectivity index (χ0) is 12.3. The van der Waals surface area contributed by atoms with Crippen LogP contribution in [-0.4, -0.2) is 11.7 Å². The van der Waals surface area contributed by atoms with Crippen molar-refractivity contribution in [3.8, 4) is 0 Å². The molecule has 0 aromatic carbocycles. The first kappa shape index (κ1) is 17.1. The highest BCUT2D eigenvalue weighted by atomic mass is 16.3. The first-order valence-corrected chi connectivity index (χ1v) is 6.17. The highest BCUT2D eigenvalue weighted by Gasteiger charge is 1.96. The molecule has 0 saturated heterocycles. The SMILES string of the molecule is CC(C)/C=C/CC[C@H](C)CO.CC(C)C. The summed E-state index contributed by atoms with van der Waals surface area (Å²) in [6, 6.07) is 0. The van der Waals surface area contributed by atoms with E-state index in [9.17, 15) is 0 Å². The van der Waals surface area contributed by atoms with Crippen molar-refractivity contribution in [1.82, 2.24) is 0 Å². The molecule has 92 valence electrons. The Labute approximate surface area is 96.6 Å². The molecule has 15 heavy (non-hydrogen) atoms. The Morgan fingerprint density at radius 2 is 1.47 bits per heavy atom. The van der Waals surface area contributed by atoms with E-state index in [-0.39, 0.29) is 0 Å². The van der Waals surface area contributed by atoms with Crippen LogP contribution in [0, 0.1) is 17.8 Å². The monoisotopic (exact) mass is 214 g/mol. The second-order valence-electron chi connectivity index (χ2n) is 5.27. The van der Waals surface area contributed by atoms with E-state index in [2.05, 4.69) is 53.7 Å². The van der Waals surface area contributed by atoms with E-state index >= 15 is 0 Å². The molecule has 0 aliphatic carbocycles. The molecule has 0 aliphatic rings. The van der Waals surface area contributed by atoms with Crippen LogP contribution in [0.1, 0.15) is 54.4 Å². The molecule has 0 spiro atoms. The van der Waals surface area contributed by atoms with Crippen molar-refractivity contribution in [2.45, 2.75) is 54.4 Å². The Morgan fingerprint density at radius 3 is 1.80 bits per heavy atom. The first-order valence-electron chi connectivity index (χ1n) is 6.17. The lowest BCUT2D eigenvalue weighted by Gasteiger charge is -2.03. The van der Waals surface area contributed by atoms with E-state index in [4.69, 9.17) is 5.11 Å². The fraction of sp³-hybridized carbons (Fsp3) is 0.857. The van der Waals surface area contributed by atoms with Crippen LogP contribution in [0.15, 0.2) is 12.2 Å². The van der Waals surface area contributed by atoms with Gasteiger partial charge in [-0.2, -0.15) is 0 Å². The van der Waals surface area contributed by atoms with Gasteiger partial charge in [0.25, 0.3) is 0 Å². The molecule has 0 fully saturated rings. The maximum atomic E-state index is 8.72. The maximum Gasteiger partial charge on any atom is 0.0456 e. The van der Waals surface area contributed by atoms with Crippen LogP contribution in [-0.2, 0) is 0 Å². The minimum absolute atomic E-state index is 0.315. The molecule has 0 unspecified atom stereocenters. The molecule has 0 amide bonds. The quantitative estimate of drug-likeness (QED) is 0.678. The van der Waals surface area contributed by atoms with Crippen LogP contribution in [0.3, 0.4) is 0 Å². The predicted octanol–water partition coefficient (Wildman–Crippen LogP) is 4.27. The Morgan fingerprint density at radius 1 is 1.00 bits per heavy atom. The minimum atomic E-state index is 0.315. The van der Waals surface area contributed by atoms with Gasteiger partial charge in [0.1, 0.15) is 0 Å². The Balaban J connectivity index is 0. The van der Waals surface area contributed by atoms with Gasteiger partial charge in [-0.25, -0.2) is 0 Å². The average Bonchev–Trinajstić information content (AvgIpc) is 2.10. The lowest BCUT2D eigenvalue weighted by Crippen LogP contribution is -1.98. The highest BCUT2D eigenvalue weighted by molar-refractivity contribution is 4.84. The van der Waals surface area contributed by atoms with Crippen LogP contribution >= 0.6 is 0 Å². The third-order valence-electron chi connectivity index (χ3n) is 1.66. The summed E-state index contributed by atoms with van der Waals surface area (Å²) in [6.07, 6.45) is 6.61. The highest BCUT2D eigenvalue weighted by Crippen LogP contribution is 2.05. The van der Waals surface area contributed by atoms with E-state index in [1.807, 2.05) is 0 Å². The third-order valence-corrected chi connectivity index (χ3v) is 1.66. The Bertz CT molecular complexity index is 134. The molecule has 1 heteroatoms. The number of rotatable bonds is 5. The van der Waals surface area contributed by atoms with Crippen molar-refractivity contribution in [3.63, 3.8) is 0 Å². The molecule has 0 bridgehead atoms. The maximum absolute atomic E-state index is 8.72. The number of allylic oxidation sites excluding steroid dienone is 2. The second kappa shape index (κ2) is 11.8. The molecule has 0 aromatic rings. The average molecular weight is 214 g/mol. The number of hydrogen-bond donors (Lipinski definition) is 1. The summed E-state index contributed by atoms with van der Waals surface area (Å²) in [7, 11) is 0. The van der Waals surface area contributed by atoms with Gasteiger partial charge in [0.05, 0.1) is 0 Å². The zero-order valence-electron chi connectivity index (χ0n) is 11.5. The Kier molecular flexibility index (Phi) is 13.4. The van der Waals surface area contributed by atoms with E-state index in [1.54, 1.807) is 0 Å². The van der Waals surface area contributed by atoms with Gasteiger partial charge in [0, 0.05) is 6.61 Å². The summed E-state index contributed by atoms with van der Waals surface area (Å²) < 4.78 is 0. The molecule has 0 aromatic heterocycles. The number of aliphatic hydroxyl groups is 1.